The molecule has 0 unspecified atom stereocenters. The van der Waals surface area contributed by atoms with Gasteiger partial charge in [0.05, 0.1) is 5.52 Å². The van der Waals surface area contributed by atoms with E-state index >= 15 is 0 Å². The third-order valence-electron chi connectivity index (χ3n) is 3.37. The van der Waals surface area contributed by atoms with Crippen LogP contribution in [0.15, 0.2) is 27.4 Å². The Bertz CT molecular complexity index is 635. The zero-order valence-corrected chi connectivity index (χ0v) is 9.86. The lowest BCUT2D eigenvalue weighted by Gasteiger charge is -2.11. The molecule has 5 nitrogen and oxygen atoms in total. The molecule has 1 aliphatic carbocycles. The summed E-state index contributed by atoms with van der Waals surface area (Å²) in [5, 5.41) is 3.01. The summed E-state index contributed by atoms with van der Waals surface area (Å²) < 4.78 is 4.89. The van der Waals surface area contributed by atoms with Gasteiger partial charge in [0.2, 0.25) is 0 Å². The van der Waals surface area contributed by atoms with Crippen LogP contribution in [0.2, 0.25) is 0 Å². The molecule has 1 amide bonds. The average molecular weight is 246 g/mol. The number of carbonyl (C=O) groups excluding carboxylic acids is 1. The number of fused-ring (bicyclic) bond motifs is 1. The van der Waals surface area contributed by atoms with Crippen molar-refractivity contribution < 1.29 is 9.21 Å². The molecular weight excluding hydrogens is 232 g/mol. The molecule has 1 fully saturated rings. The number of hydrogen-bond donors (Lipinski definition) is 2. The quantitative estimate of drug-likeness (QED) is 0.848. The summed E-state index contributed by atoms with van der Waals surface area (Å²) in [7, 11) is 0. The minimum atomic E-state index is -0.502. The molecule has 2 N–H and O–H groups in total. The van der Waals surface area contributed by atoms with Gasteiger partial charge in [0, 0.05) is 11.6 Å². The van der Waals surface area contributed by atoms with Crippen molar-refractivity contribution in [1.29, 1.82) is 0 Å². The maximum atomic E-state index is 12.0. The molecule has 1 heterocycles. The highest BCUT2D eigenvalue weighted by molar-refractivity contribution is 5.97. The normalized spacial score (nSPS) is 16.2. The van der Waals surface area contributed by atoms with Gasteiger partial charge < -0.3 is 9.73 Å². The molecule has 1 aromatic carbocycles. The first-order valence-corrected chi connectivity index (χ1v) is 6.16. The number of benzene rings is 1. The van der Waals surface area contributed by atoms with Crippen molar-refractivity contribution in [3.63, 3.8) is 0 Å². The first-order valence-electron chi connectivity index (χ1n) is 6.16. The summed E-state index contributed by atoms with van der Waals surface area (Å²) in [5.41, 5.74) is 1.57. The number of rotatable bonds is 2. The lowest BCUT2D eigenvalue weighted by atomic mass is 10.1. The molecular formula is C13H14N2O3. The number of nitrogens with one attached hydrogen (secondary N) is 2. The van der Waals surface area contributed by atoms with Crippen LogP contribution in [0, 0.1) is 0 Å². The number of aromatic amines is 1. The maximum Gasteiger partial charge on any atom is 0.417 e. The molecule has 0 radical (unpaired) electrons. The van der Waals surface area contributed by atoms with Crippen LogP contribution in [0.1, 0.15) is 36.0 Å². The number of oxazole rings is 1. The van der Waals surface area contributed by atoms with Crippen molar-refractivity contribution >= 4 is 17.0 Å². The Kier molecular flexibility index (Phi) is 2.66. The van der Waals surface area contributed by atoms with Gasteiger partial charge in [-0.1, -0.05) is 12.8 Å². The summed E-state index contributed by atoms with van der Waals surface area (Å²) in [6.45, 7) is 0. The summed E-state index contributed by atoms with van der Waals surface area (Å²) in [4.78, 5) is 25.6. The van der Waals surface area contributed by atoms with E-state index in [4.69, 9.17) is 4.42 Å². The van der Waals surface area contributed by atoms with Gasteiger partial charge >= 0.3 is 5.76 Å². The van der Waals surface area contributed by atoms with Crippen LogP contribution in [0.5, 0.6) is 0 Å². The van der Waals surface area contributed by atoms with E-state index in [0.29, 0.717) is 16.7 Å². The van der Waals surface area contributed by atoms with Crippen molar-refractivity contribution in [2.45, 2.75) is 31.7 Å². The molecule has 1 aromatic heterocycles. The van der Waals surface area contributed by atoms with Crippen LogP contribution in [-0.4, -0.2) is 16.9 Å². The highest BCUT2D eigenvalue weighted by Gasteiger charge is 2.18. The Labute approximate surface area is 103 Å². The zero-order valence-electron chi connectivity index (χ0n) is 9.86. The maximum absolute atomic E-state index is 12.0. The Hall–Kier alpha value is -2.04. The summed E-state index contributed by atoms with van der Waals surface area (Å²) in [6, 6.07) is 5.24. The summed E-state index contributed by atoms with van der Waals surface area (Å²) in [6.07, 6.45) is 4.46. The predicted molar refractivity (Wildman–Crippen MR) is 66.6 cm³/mol. The van der Waals surface area contributed by atoms with Crippen LogP contribution in [0.4, 0.5) is 0 Å². The molecule has 18 heavy (non-hydrogen) atoms. The largest absolute Gasteiger partial charge is 0.417 e. The molecule has 3 rings (SSSR count). The van der Waals surface area contributed by atoms with Gasteiger partial charge in [-0.3, -0.25) is 9.78 Å². The molecule has 0 aliphatic heterocycles. The van der Waals surface area contributed by atoms with E-state index in [-0.39, 0.29) is 11.9 Å². The molecule has 0 atom stereocenters. The second-order valence-electron chi connectivity index (χ2n) is 4.68. The van der Waals surface area contributed by atoms with Crippen molar-refractivity contribution in [2.24, 2.45) is 0 Å². The fraction of sp³-hybridized carbons (Fsp3) is 0.385. The third-order valence-corrected chi connectivity index (χ3v) is 3.37. The first kappa shape index (κ1) is 11.1. The van der Waals surface area contributed by atoms with Crippen LogP contribution in [-0.2, 0) is 0 Å². The molecule has 0 saturated heterocycles. The Morgan fingerprint density at radius 3 is 2.89 bits per heavy atom. The zero-order chi connectivity index (χ0) is 12.5. The summed E-state index contributed by atoms with van der Waals surface area (Å²) in [5.74, 6) is -0.593. The Morgan fingerprint density at radius 2 is 2.11 bits per heavy atom. The molecule has 1 saturated carbocycles. The number of carbonyl (C=O) groups is 1. The van der Waals surface area contributed by atoms with E-state index in [1.807, 2.05) is 0 Å². The van der Waals surface area contributed by atoms with Gasteiger partial charge in [-0.2, -0.15) is 0 Å². The van der Waals surface area contributed by atoms with Crippen LogP contribution < -0.4 is 11.1 Å². The van der Waals surface area contributed by atoms with Crippen molar-refractivity contribution in [2.75, 3.05) is 0 Å². The van der Waals surface area contributed by atoms with Crippen molar-refractivity contribution in [3.05, 3.63) is 34.3 Å². The third kappa shape index (κ3) is 2.03. The number of hydrogen-bond acceptors (Lipinski definition) is 3. The Balaban J connectivity index is 1.84. The molecule has 0 spiro atoms. The fourth-order valence-corrected chi connectivity index (χ4v) is 2.43. The summed E-state index contributed by atoms with van der Waals surface area (Å²) >= 11 is 0. The van der Waals surface area contributed by atoms with Gasteiger partial charge in [0.25, 0.3) is 5.91 Å². The minimum Gasteiger partial charge on any atom is -0.408 e. The number of aromatic nitrogens is 1. The number of H-pyrrole nitrogens is 1. The van der Waals surface area contributed by atoms with E-state index in [1.54, 1.807) is 18.2 Å². The van der Waals surface area contributed by atoms with E-state index in [1.165, 1.54) is 12.8 Å². The molecule has 2 aromatic rings. The second-order valence-corrected chi connectivity index (χ2v) is 4.68. The van der Waals surface area contributed by atoms with Crippen molar-refractivity contribution in [3.8, 4) is 0 Å². The standard InChI is InChI=1S/C13H14N2O3/c16-12(14-9-3-1-2-4-9)8-5-6-11-10(7-8)15-13(17)18-11/h5-7,9H,1-4H2,(H,14,16)(H,15,17). The van der Waals surface area contributed by atoms with Crippen molar-refractivity contribution in [1.82, 2.24) is 10.3 Å². The SMILES string of the molecule is O=C(NC1CCCC1)c1ccc2oc(=O)[nH]c2c1. The second kappa shape index (κ2) is 4.33. The molecule has 5 heteroatoms. The lowest BCUT2D eigenvalue weighted by molar-refractivity contribution is 0.0938. The fourth-order valence-electron chi connectivity index (χ4n) is 2.43. The molecule has 1 aliphatic rings. The predicted octanol–water partition coefficient (Wildman–Crippen LogP) is 1.79. The van der Waals surface area contributed by atoms with Gasteiger partial charge in [-0.15, -0.1) is 0 Å². The monoisotopic (exact) mass is 246 g/mol. The lowest BCUT2D eigenvalue weighted by Crippen LogP contribution is -2.32. The molecule has 94 valence electrons. The van der Waals surface area contributed by atoms with Gasteiger partial charge in [0.1, 0.15) is 0 Å². The van der Waals surface area contributed by atoms with E-state index in [0.717, 1.165) is 12.8 Å². The van der Waals surface area contributed by atoms with E-state index < -0.39 is 5.76 Å². The van der Waals surface area contributed by atoms with E-state index in [2.05, 4.69) is 10.3 Å². The van der Waals surface area contributed by atoms with Gasteiger partial charge in [-0.25, -0.2) is 4.79 Å². The topological polar surface area (TPSA) is 75.1 Å². The van der Waals surface area contributed by atoms with E-state index in [9.17, 15) is 9.59 Å². The number of amides is 1. The minimum absolute atomic E-state index is 0.0918. The highest BCUT2D eigenvalue weighted by Crippen LogP contribution is 2.18. The first-order chi connectivity index (χ1) is 8.72. The molecule has 0 bridgehead atoms. The van der Waals surface area contributed by atoms with Crippen LogP contribution >= 0.6 is 0 Å². The van der Waals surface area contributed by atoms with Crippen LogP contribution in [0.25, 0.3) is 11.1 Å². The average Bonchev–Trinajstić information content (AvgIpc) is 2.95. The van der Waals surface area contributed by atoms with Gasteiger partial charge in [0.15, 0.2) is 5.58 Å². The van der Waals surface area contributed by atoms with Crippen LogP contribution in [0.3, 0.4) is 0 Å². The van der Waals surface area contributed by atoms with Gasteiger partial charge in [-0.05, 0) is 31.0 Å². The smallest absolute Gasteiger partial charge is 0.408 e. The Morgan fingerprint density at radius 1 is 1.33 bits per heavy atom. The highest BCUT2D eigenvalue weighted by atomic mass is 16.4.